The number of esters is 1. The molecule has 26 heavy (non-hydrogen) atoms. The minimum Gasteiger partial charge on any atom is -0.436 e. The van der Waals surface area contributed by atoms with E-state index < -0.39 is 0 Å². The number of hydrogen-bond donors (Lipinski definition) is 0. The van der Waals surface area contributed by atoms with Gasteiger partial charge in [0.15, 0.2) is 0 Å². The van der Waals surface area contributed by atoms with E-state index in [2.05, 4.69) is 19.1 Å². The minimum atomic E-state index is -0.365. The van der Waals surface area contributed by atoms with Gasteiger partial charge in [-0.15, -0.1) is 0 Å². The summed E-state index contributed by atoms with van der Waals surface area (Å²) in [5.74, 6) is -0.122. The van der Waals surface area contributed by atoms with Gasteiger partial charge in [0, 0.05) is 19.4 Å². The Morgan fingerprint density at radius 2 is 1.31 bits per heavy atom. The number of unbranched alkanes of at least 4 members (excludes halogenated alkanes) is 11. The van der Waals surface area contributed by atoms with Crippen LogP contribution in [0.4, 0.5) is 0 Å². The van der Waals surface area contributed by atoms with Crippen LogP contribution in [0.2, 0.25) is 0 Å². The molecule has 0 aliphatic rings. The van der Waals surface area contributed by atoms with E-state index in [9.17, 15) is 4.79 Å². The number of allylic oxidation sites excluding steroid dienone is 2. The van der Waals surface area contributed by atoms with Gasteiger partial charge in [-0.2, -0.15) is 0 Å². The van der Waals surface area contributed by atoms with Crippen LogP contribution in [0.5, 0.6) is 0 Å². The highest BCUT2D eigenvalue weighted by Crippen LogP contribution is 2.11. The van der Waals surface area contributed by atoms with E-state index in [0.717, 1.165) is 12.8 Å². The first-order chi connectivity index (χ1) is 12.7. The molecule has 0 heterocycles. The highest BCUT2D eigenvalue weighted by Gasteiger charge is 2.11. The first-order valence-electron chi connectivity index (χ1n) is 11.2. The number of carbonyl (C=O) groups is 1. The van der Waals surface area contributed by atoms with Crippen LogP contribution in [0.25, 0.3) is 0 Å². The Kier molecular flexibility index (Phi) is 19.8. The third-order valence-corrected chi connectivity index (χ3v) is 4.59. The number of hydrogen-bond acceptors (Lipinski definition) is 3. The monoisotopic (exact) mass is 368 g/mol. The molecular formula is C23H44O3. The lowest BCUT2D eigenvalue weighted by atomic mass is 10.1. The summed E-state index contributed by atoms with van der Waals surface area (Å²) in [7, 11) is 0. The molecule has 0 aromatic carbocycles. The van der Waals surface area contributed by atoms with Crippen molar-refractivity contribution in [1.82, 2.24) is 0 Å². The van der Waals surface area contributed by atoms with Crippen molar-refractivity contribution in [3.63, 3.8) is 0 Å². The van der Waals surface area contributed by atoms with Gasteiger partial charge in [-0.1, -0.05) is 77.4 Å². The van der Waals surface area contributed by atoms with Crippen molar-refractivity contribution in [2.24, 2.45) is 0 Å². The molecule has 0 aliphatic carbocycles. The molecule has 0 rings (SSSR count). The molecule has 0 bridgehead atoms. The van der Waals surface area contributed by atoms with Gasteiger partial charge in [0.05, 0.1) is 0 Å². The summed E-state index contributed by atoms with van der Waals surface area (Å²) < 4.78 is 10.6. The Bertz CT molecular complexity index is 325. The van der Waals surface area contributed by atoms with Crippen molar-refractivity contribution < 1.29 is 14.3 Å². The van der Waals surface area contributed by atoms with Gasteiger partial charge in [-0.05, 0) is 39.0 Å². The molecule has 0 N–H and O–H groups in total. The topological polar surface area (TPSA) is 35.5 Å². The lowest BCUT2D eigenvalue weighted by Gasteiger charge is -2.15. The van der Waals surface area contributed by atoms with Crippen molar-refractivity contribution in [1.29, 1.82) is 0 Å². The summed E-state index contributed by atoms with van der Waals surface area (Å²) in [5, 5.41) is 0. The summed E-state index contributed by atoms with van der Waals surface area (Å²) in [4.78, 5) is 11.7. The van der Waals surface area contributed by atoms with E-state index in [-0.39, 0.29) is 12.3 Å². The minimum absolute atomic E-state index is 0.122. The maximum Gasteiger partial charge on any atom is 0.308 e. The first-order valence-corrected chi connectivity index (χ1v) is 11.2. The SMILES string of the molecule is CCCCCCCC/C=C/CCCCCCCC(=O)OC(CC)OCC. The number of ether oxygens (including phenoxy) is 2. The van der Waals surface area contributed by atoms with Crippen LogP contribution in [-0.2, 0) is 14.3 Å². The van der Waals surface area contributed by atoms with Gasteiger partial charge in [0.25, 0.3) is 0 Å². The van der Waals surface area contributed by atoms with Crippen LogP contribution >= 0.6 is 0 Å². The van der Waals surface area contributed by atoms with Gasteiger partial charge in [-0.25, -0.2) is 0 Å². The van der Waals surface area contributed by atoms with E-state index in [1.54, 1.807) is 0 Å². The van der Waals surface area contributed by atoms with Crippen molar-refractivity contribution >= 4 is 5.97 Å². The summed E-state index contributed by atoms with van der Waals surface area (Å²) in [5.41, 5.74) is 0. The fourth-order valence-electron chi connectivity index (χ4n) is 2.97. The number of carbonyl (C=O) groups excluding carboxylic acids is 1. The second-order valence-corrected chi connectivity index (χ2v) is 7.12. The maximum atomic E-state index is 11.7. The van der Waals surface area contributed by atoms with Crippen molar-refractivity contribution in [3.05, 3.63) is 12.2 Å². The summed E-state index contributed by atoms with van der Waals surface area (Å²) in [6, 6.07) is 0. The molecule has 0 aliphatic heterocycles. The van der Waals surface area contributed by atoms with Gasteiger partial charge in [0.2, 0.25) is 6.29 Å². The fraction of sp³-hybridized carbons (Fsp3) is 0.870. The van der Waals surface area contributed by atoms with Crippen LogP contribution in [0.3, 0.4) is 0 Å². The van der Waals surface area contributed by atoms with Crippen LogP contribution in [0, 0.1) is 0 Å². The van der Waals surface area contributed by atoms with Crippen LogP contribution in [0.15, 0.2) is 12.2 Å². The first kappa shape index (κ1) is 25.2. The van der Waals surface area contributed by atoms with Crippen LogP contribution in [-0.4, -0.2) is 18.9 Å². The zero-order valence-electron chi connectivity index (χ0n) is 17.8. The average Bonchev–Trinajstić information content (AvgIpc) is 2.64. The molecule has 3 nitrogen and oxygen atoms in total. The zero-order valence-corrected chi connectivity index (χ0v) is 17.8. The van der Waals surface area contributed by atoms with Gasteiger partial charge in [0.1, 0.15) is 0 Å². The van der Waals surface area contributed by atoms with Crippen molar-refractivity contribution in [3.8, 4) is 0 Å². The Balaban J connectivity index is 3.32. The quantitative estimate of drug-likeness (QED) is 0.103. The highest BCUT2D eigenvalue weighted by molar-refractivity contribution is 5.69. The molecule has 0 saturated heterocycles. The smallest absolute Gasteiger partial charge is 0.308 e. The molecule has 1 unspecified atom stereocenters. The molecule has 0 saturated carbocycles. The normalized spacial score (nSPS) is 12.6. The predicted molar refractivity (Wildman–Crippen MR) is 111 cm³/mol. The average molecular weight is 369 g/mol. The standard InChI is InChI=1S/C23H44O3/c1-4-7-8-9-10-11-12-13-14-15-16-17-18-19-20-21-22(24)26-23(5-2)25-6-3/h13-14,23H,4-12,15-21H2,1-3H3/b14-13+. The van der Waals surface area contributed by atoms with E-state index >= 15 is 0 Å². The van der Waals surface area contributed by atoms with E-state index in [1.807, 2.05) is 13.8 Å². The molecule has 0 aromatic heterocycles. The Labute approximate surface area is 162 Å². The van der Waals surface area contributed by atoms with Crippen molar-refractivity contribution in [2.75, 3.05) is 6.61 Å². The lowest BCUT2D eigenvalue weighted by Crippen LogP contribution is -2.20. The molecule has 0 radical (unpaired) electrons. The van der Waals surface area contributed by atoms with E-state index in [4.69, 9.17) is 9.47 Å². The highest BCUT2D eigenvalue weighted by atomic mass is 16.7. The molecule has 3 heteroatoms. The van der Waals surface area contributed by atoms with Crippen LogP contribution in [0.1, 0.15) is 117 Å². The van der Waals surface area contributed by atoms with Crippen molar-refractivity contribution in [2.45, 2.75) is 123 Å². The largest absolute Gasteiger partial charge is 0.436 e. The van der Waals surface area contributed by atoms with Crippen LogP contribution < -0.4 is 0 Å². The predicted octanol–water partition coefficient (Wildman–Crippen LogP) is 7.34. The second kappa shape index (κ2) is 20.5. The molecule has 154 valence electrons. The second-order valence-electron chi connectivity index (χ2n) is 7.12. The van der Waals surface area contributed by atoms with Gasteiger partial charge < -0.3 is 9.47 Å². The zero-order chi connectivity index (χ0) is 19.3. The fourth-order valence-corrected chi connectivity index (χ4v) is 2.97. The molecule has 0 spiro atoms. The third-order valence-electron chi connectivity index (χ3n) is 4.59. The van der Waals surface area contributed by atoms with Gasteiger partial charge in [-0.3, -0.25) is 4.79 Å². The summed E-state index contributed by atoms with van der Waals surface area (Å²) in [6.45, 7) is 6.73. The summed E-state index contributed by atoms with van der Waals surface area (Å²) >= 11 is 0. The lowest BCUT2D eigenvalue weighted by molar-refractivity contribution is -0.178. The maximum absolute atomic E-state index is 11.7. The van der Waals surface area contributed by atoms with E-state index in [0.29, 0.717) is 19.4 Å². The van der Waals surface area contributed by atoms with Gasteiger partial charge >= 0.3 is 5.97 Å². The summed E-state index contributed by atoms with van der Waals surface area (Å²) in [6.07, 6.45) is 22.0. The Morgan fingerprint density at radius 3 is 1.85 bits per heavy atom. The molecule has 0 fully saturated rings. The molecular weight excluding hydrogens is 324 g/mol. The molecule has 0 aromatic rings. The molecule has 1 atom stereocenters. The molecule has 0 amide bonds. The Hall–Kier alpha value is -0.830. The number of rotatable bonds is 19. The Morgan fingerprint density at radius 1 is 0.769 bits per heavy atom. The third kappa shape index (κ3) is 18.0. The van der Waals surface area contributed by atoms with E-state index in [1.165, 1.54) is 70.6 Å².